The first-order valence-electron chi connectivity index (χ1n) is 10.9. The monoisotopic (exact) mass is 537 g/mol. The zero-order chi connectivity index (χ0) is 24.7. The normalized spacial score (nSPS) is 10.8. The van der Waals surface area contributed by atoms with Crippen molar-refractivity contribution in [3.8, 4) is 28.7 Å². The molecule has 36 heavy (non-hydrogen) atoms. The first kappa shape index (κ1) is 30.8. The number of amides is 1. The van der Waals surface area contributed by atoms with Crippen molar-refractivity contribution in [1.29, 1.82) is 0 Å². The molecule has 1 aromatic heterocycles. The smallest absolute Gasteiger partial charge is 0.258 e. The van der Waals surface area contributed by atoms with E-state index in [-0.39, 0.29) is 48.3 Å². The highest BCUT2D eigenvalue weighted by Crippen LogP contribution is 2.48. The van der Waals surface area contributed by atoms with Gasteiger partial charge in [0, 0.05) is 25.5 Å². The molecule has 1 atom stereocenters. The van der Waals surface area contributed by atoms with Crippen molar-refractivity contribution in [3.63, 3.8) is 0 Å². The molecule has 10 heteroatoms. The Hall–Kier alpha value is -3.20. The summed E-state index contributed by atoms with van der Waals surface area (Å²) in [4.78, 5) is 19.3. The summed E-state index contributed by atoms with van der Waals surface area (Å²) in [6.07, 6.45) is 4.18. The minimum absolute atomic E-state index is 0. The topological polar surface area (TPSA) is 96.1 Å². The maximum atomic E-state index is 13.6. The van der Waals surface area contributed by atoms with E-state index in [4.69, 9.17) is 24.7 Å². The van der Waals surface area contributed by atoms with Crippen LogP contribution in [0.3, 0.4) is 0 Å². The molecule has 0 radical (unpaired) electrons. The second kappa shape index (κ2) is 14.4. The van der Waals surface area contributed by atoms with Gasteiger partial charge in [-0.2, -0.15) is 0 Å². The molecule has 3 rings (SSSR count). The summed E-state index contributed by atoms with van der Waals surface area (Å²) in [6, 6.07) is 12.8. The minimum atomic E-state index is -0.259. The number of pyridine rings is 1. The van der Waals surface area contributed by atoms with Crippen molar-refractivity contribution >= 4 is 30.7 Å². The molecular formula is C26H33Cl2N3O5. The van der Waals surface area contributed by atoms with Gasteiger partial charge in [0.05, 0.1) is 32.9 Å². The summed E-state index contributed by atoms with van der Waals surface area (Å²) in [5, 5.41) is 0. The number of rotatable bonds is 10. The number of halogens is 2. The molecule has 2 N–H and O–H groups in total. The Kier molecular flexibility index (Phi) is 12.3. The van der Waals surface area contributed by atoms with Crippen LogP contribution >= 0.6 is 24.8 Å². The molecule has 0 fully saturated rings. The third kappa shape index (κ3) is 6.72. The zero-order valence-electron chi connectivity index (χ0n) is 21.0. The van der Waals surface area contributed by atoms with E-state index in [1.807, 2.05) is 43.3 Å². The molecule has 0 saturated heterocycles. The maximum absolute atomic E-state index is 13.6. The molecule has 8 nitrogen and oxygen atoms in total. The predicted molar refractivity (Wildman–Crippen MR) is 145 cm³/mol. The number of hydrogen-bond donors (Lipinski definition) is 1. The summed E-state index contributed by atoms with van der Waals surface area (Å²) in [7, 11) is 6.22. The first-order chi connectivity index (χ1) is 16.4. The van der Waals surface area contributed by atoms with Crippen LogP contribution in [0.4, 0.5) is 0 Å². The van der Waals surface area contributed by atoms with Gasteiger partial charge in [-0.25, -0.2) is 0 Å². The molecule has 0 aliphatic heterocycles. The lowest BCUT2D eigenvalue weighted by Gasteiger charge is -2.27. The van der Waals surface area contributed by atoms with E-state index in [2.05, 4.69) is 4.98 Å². The lowest BCUT2D eigenvalue weighted by Crippen LogP contribution is -2.30. The van der Waals surface area contributed by atoms with E-state index < -0.39 is 0 Å². The third-order valence-electron chi connectivity index (χ3n) is 5.67. The SMILES string of the molecule is COc1c(Oc2ccc(CCN)cc2)cc(C(=O)N(C)C(C)c2ccncc2)c(OC)c1OC.Cl.Cl. The van der Waals surface area contributed by atoms with E-state index in [0.29, 0.717) is 29.4 Å². The van der Waals surface area contributed by atoms with E-state index in [1.54, 1.807) is 30.4 Å². The number of nitrogens with zero attached hydrogens (tertiary/aromatic N) is 2. The highest BCUT2D eigenvalue weighted by atomic mass is 35.5. The van der Waals surface area contributed by atoms with Gasteiger partial charge in [-0.05, 0) is 55.3 Å². The molecule has 2 aromatic carbocycles. The Morgan fingerprint density at radius 3 is 2.06 bits per heavy atom. The van der Waals surface area contributed by atoms with Crippen molar-refractivity contribution in [3.05, 3.63) is 71.5 Å². The van der Waals surface area contributed by atoms with Crippen LogP contribution in [-0.2, 0) is 6.42 Å². The average molecular weight is 538 g/mol. The molecule has 1 heterocycles. The molecule has 3 aromatic rings. The molecule has 0 aliphatic carbocycles. The van der Waals surface area contributed by atoms with Crippen LogP contribution in [0.25, 0.3) is 0 Å². The zero-order valence-corrected chi connectivity index (χ0v) is 22.7. The van der Waals surface area contributed by atoms with Gasteiger partial charge in [-0.3, -0.25) is 9.78 Å². The minimum Gasteiger partial charge on any atom is -0.492 e. The third-order valence-corrected chi connectivity index (χ3v) is 5.67. The van der Waals surface area contributed by atoms with Gasteiger partial charge in [0.2, 0.25) is 11.5 Å². The van der Waals surface area contributed by atoms with E-state index >= 15 is 0 Å². The second-order valence-corrected chi connectivity index (χ2v) is 7.68. The molecule has 0 aliphatic rings. The Morgan fingerprint density at radius 1 is 0.944 bits per heavy atom. The Balaban J connectivity index is 0.00000324. The number of carbonyl (C=O) groups excluding carboxylic acids is 1. The predicted octanol–water partition coefficient (Wildman–Crippen LogP) is 5.08. The van der Waals surface area contributed by atoms with Crippen LogP contribution in [0, 0.1) is 0 Å². The largest absolute Gasteiger partial charge is 0.492 e. The molecule has 1 amide bonds. The van der Waals surface area contributed by atoms with E-state index in [9.17, 15) is 4.79 Å². The fourth-order valence-electron chi connectivity index (χ4n) is 3.66. The Morgan fingerprint density at radius 2 is 1.53 bits per heavy atom. The Labute approximate surface area is 224 Å². The highest BCUT2D eigenvalue weighted by Gasteiger charge is 2.29. The lowest BCUT2D eigenvalue weighted by molar-refractivity contribution is 0.0738. The number of benzene rings is 2. The van der Waals surface area contributed by atoms with Crippen molar-refractivity contribution in [2.75, 3.05) is 34.9 Å². The number of ether oxygens (including phenoxy) is 4. The van der Waals surface area contributed by atoms with Crippen molar-refractivity contribution in [1.82, 2.24) is 9.88 Å². The molecule has 1 unspecified atom stereocenters. The van der Waals surface area contributed by atoms with Crippen LogP contribution in [-0.4, -0.2) is 50.7 Å². The van der Waals surface area contributed by atoms with Crippen LogP contribution in [0.15, 0.2) is 54.9 Å². The second-order valence-electron chi connectivity index (χ2n) is 7.68. The van der Waals surface area contributed by atoms with E-state index in [0.717, 1.165) is 17.5 Å². The quantitative estimate of drug-likeness (QED) is 0.385. The first-order valence-corrected chi connectivity index (χ1v) is 10.9. The van der Waals surface area contributed by atoms with Gasteiger partial charge in [0.25, 0.3) is 5.91 Å². The summed E-state index contributed by atoms with van der Waals surface area (Å²) in [5.41, 5.74) is 7.99. The maximum Gasteiger partial charge on any atom is 0.258 e. The molecule has 0 saturated carbocycles. The van der Waals surface area contributed by atoms with E-state index in [1.165, 1.54) is 21.3 Å². The fraction of sp³-hybridized carbons (Fsp3) is 0.308. The highest BCUT2D eigenvalue weighted by molar-refractivity contribution is 5.99. The van der Waals surface area contributed by atoms with Gasteiger partial charge in [-0.15, -0.1) is 24.8 Å². The van der Waals surface area contributed by atoms with Crippen molar-refractivity contribution in [2.45, 2.75) is 19.4 Å². The van der Waals surface area contributed by atoms with Crippen LogP contribution in [0.2, 0.25) is 0 Å². The van der Waals surface area contributed by atoms with Gasteiger partial charge in [0.1, 0.15) is 5.75 Å². The fourth-order valence-corrected chi connectivity index (χ4v) is 3.66. The summed E-state index contributed by atoms with van der Waals surface area (Å²) in [6.45, 7) is 2.52. The molecule has 196 valence electrons. The number of carbonyl (C=O) groups is 1. The van der Waals surface area contributed by atoms with Gasteiger partial charge in [0.15, 0.2) is 11.5 Å². The van der Waals surface area contributed by atoms with Crippen LogP contribution in [0.1, 0.15) is 34.5 Å². The molecular weight excluding hydrogens is 505 g/mol. The Bertz CT molecular complexity index is 1110. The number of methoxy groups -OCH3 is 3. The van der Waals surface area contributed by atoms with Gasteiger partial charge >= 0.3 is 0 Å². The van der Waals surface area contributed by atoms with Crippen molar-refractivity contribution < 1.29 is 23.7 Å². The standard InChI is InChI=1S/C26H31N3O5.2ClH/c1-17(19-11-14-28-15-12-19)29(2)26(30)21-16-22(24(32-4)25(33-5)23(21)31-3)34-20-8-6-18(7-9-20)10-13-27;;/h6-9,11-12,14-17H,10,13,27H2,1-5H3;2*1H. The summed E-state index contributed by atoms with van der Waals surface area (Å²) >= 11 is 0. The molecule has 0 bridgehead atoms. The lowest BCUT2D eigenvalue weighted by atomic mass is 10.1. The van der Waals surface area contributed by atoms with Crippen LogP contribution < -0.4 is 24.7 Å². The van der Waals surface area contributed by atoms with Gasteiger partial charge in [-0.1, -0.05) is 12.1 Å². The average Bonchev–Trinajstić information content (AvgIpc) is 2.88. The molecule has 0 spiro atoms. The number of hydrogen-bond acceptors (Lipinski definition) is 7. The summed E-state index contributed by atoms with van der Waals surface area (Å²) in [5.74, 6) is 1.53. The number of aromatic nitrogens is 1. The summed E-state index contributed by atoms with van der Waals surface area (Å²) < 4.78 is 22.9. The van der Waals surface area contributed by atoms with Crippen LogP contribution in [0.5, 0.6) is 28.7 Å². The number of nitrogens with two attached hydrogens (primary N) is 1. The van der Waals surface area contributed by atoms with Crippen molar-refractivity contribution in [2.24, 2.45) is 5.73 Å². The van der Waals surface area contributed by atoms with Gasteiger partial charge < -0.3 is 29.6 Å².